The molecule has 0 unspecified atom stereocenters. The lowest BCUT2D eigenvalue weighted by Crippen LogP contribution is -2.09. The molecule has 2 heterocycles. The van der Waals surface area contributed by atoms with Gasteiger partial charge in [0.2, 0.25) is 10.0 Å². The molecule has 0 aromatic carbocycles. The summed E-state index contributed by atoms with van der Waals surface area (Å²) in [6.45, 7) is 0.0745. The Morgan fingerprint density at radius 1 is 1.42 bits per heavy atom. The predicted molar refractivity (Wildman–Crippen MR) is 75.7 cm³/mol. The zero-order valence-corrected chi connectivity index (χ0v) is 12.1. The van der Waals surface area contributed by atoms with Crippen LogP contribution in [0.15, 0.2) is 28.3 Å². The molecule has 0 aliphatic carbocycles. The summed E-state index contributed by atoms with van der Waals surface area (Å²) in [7, 11) is -3.64. The molecular formula is C10H12N2O4S3. The van der Waals surface area contributed by atoms with Crippen LogP contribution in [0.1, 0.15) is 4.88 Å². The van der Waals surface area contributed by atoms with Crippen molar-refractivity contribution in [3.8, 4) is 0 Å². The molecule has 0 aliphatic rings. The summed E-state index contributed by atoms with van der Waals surface area (Å²) in [6.07, 6.45) is 1.32. The van der Waals surface area contributed by atoms with Gasteiger partial charge >= 0.3 is 0 Å². The molecule has 0 aliphatic heterocycles. The van der Waals surface area contributed by atoms with E-state index in [1.54, 1.807) is 6.07 Å². The van der Waals surface area contributed by atoms with Crippen LogP contribution in [-0.2, 0) is 16.6 Å². The zero-order valence-electron chi connectivity index (χ0n) is 9.66. The third kappa shape index (κ3) is 3.45. The first-order valence-corrected chi connectivity index (χ1v) is 8.35. The molecule has 2 aromatic rings. The molecule has 0 fully saturated rings. The van der Waals surface area contributed by atoms with E-state index in [1.807, 2.05) is 6.07 Å². The topological polar surface area (TPSA) is 113 Å². The van der Waals surface area contributed by atoms with Crippen molar-refractivity contribution >= 4 is 42.1 Å². The molecule has 19 heavy (non-hydrogen) atoms. The van der Waals surface area contributed by atoms with E-state index >= 15 is 0 Å². The number of nitrogens with two attached hydrogens (primary N) is 1. The number of hydrogen-bond acceptors (Lipinski definition) is 7. The number of hydrogen-bond donors (Lipinski definition) is 4. The fourth-order valence-electron chi connectivity index (χ4n) is 1.41. The van der Waals surface area contributed by atoms with Crippen molar-refractivity contribution in [2.75, 3.05) is 6.61 Å². The number of fused-ring (bicyclic) bond motifs is 1. The Hall–Kier alpha value is -1.13. The monoisotopic (exact) mass is 320 g/mol. The van der Waals surface area contributed by atoms with Crippen molar-refractivity contribution in [3.05, 3.63) is 29.0 Å². The van der Waals surface area contributed by atoms with Gasteiger partial charge in [-0.05, 0) is 12.1 Å². The van der Waals surface area contributed by atoms with E-state index < -0.39 is 16.6 Å². The number of sulfonamides is 1. The fraction of sp³-hybridized carbons (Fsp3) is 0.200. The van der Waals surface area contributed by atoms with Crippen LogP contribution < -0.4 is 10.5 Å². The van der Waals surface area contributed by atoms with Crippen LogP contribution in [0.3, 0.4) is 0 Å². The molecule has 2 aromatic heterocycles. The van der Waals surface area contributed by atoms with Crippen molar-refractivity contribution in [1.82, 2.24) is 5.32 Å². The average molecular weight is 320 g/mol. The highest BCUT2D eigenvalue weighted by Gasteiger charge is 2.14. The second-order valence-corrected chi connectivity index (χ2v) is 7.98. The molecule has 9 heteroatoms. The Kier molecular flexibility index (Phi) is 4.11. The molecule has 0 saturated heterocycles. The number of rotatable bonds is 5. The van der Waals surface area contributed by atoms with E-state index in [2.05, 4.69) is 5.32 Å². The fourth-order valence-corrected chi connectivity index (χ4v) is 4.75. The lowest BCUT2D eigenvalue weighted by atomic mass is 10.3. The second-order valence-electron chi connectivity index (χ2n) is 3.74. The molecule has 0 bridgehead atoms. The first kappa shape index (κ1) is 14.3. The minimum Gasteiger partial charge on any atom is -0.508 e. The van der Waals surface area contributed by atoms with Gasteiger partial charge in [-0.25, -0.2) is 13.6 Å². The van der Waals surface area contributed by atoms with Gasteiger partial charge in [-0.1, -0.05) is 0 Å². The highest BCUT2D eigenvalue weighted by Crippen LogP contribution is 2.35. The molecular weight excluding hydrogens is 308 g/mol. The van der Waals surface area contributed by atoms with Gasteiger partial charge in [0, 0.05) is 23.0 Å². The van der Waals surface area contributed by atoms with Crippen LogP contribution in [0.2, 0.25) is 0 Å². The summed E-state index contributed by atoms with van der Waals surface area (Å²) in [5.74, 6) is -0.144. The number of nitrogens with one attached hydrogen (secondary N) is 1. The number of aliphatic hydroxyl groups excluding tert-OH is 2. The lowest BCUT2D eigenvalue weighted by Gasteiger charge is -1.98. The minimum absolute atomic E-state index is 0.144. The molecule has 5 N–H and O–H groups in total. The van der Waals surface area contributed by atoms with Crippen LogP contribution in [0.5, 0.6) is 0 Å². The number of thiophene rings is 2. The van der Waals surface area contributed by atoms with E-state index in [0.29, 0.717) is 6.54 Å². The third-order valence-electron chi connectivity index (χ3n) is 2.23. The summed E-state index contributed by atoms with van der Waals surface area (Å²) >= 11 is 2.60. The molecule has 6 nitrogen and oxygen atoms in total. The van der Waals surface area contributed by atoms with Gasteiger partial charge in [-0.3, -0.25) is 0 Å². The Bertz CT molecular complexity index is 683. The van der Waals surface area contributed by atoms with E-state index in [-0.39, 0.29) is 9.97 Å². The summed E-state index contributed by atoms with van der Waals surface area (Å²) in [5, 5.41) is 26.4. The quantitative estimate of drug-likeness (QED) is 0.616. The average Bonchev–Trinajstić information content (AvgIpc) is 2.85. The summed E-state index contributed by atoms with van der Waals surface area (Å²) in [4.78, 5) is 0.990. The van der Waals surface area contributed by atoms with Crippen LogP contribution in [-0.4, -0.2) is 25.2 Å². The summed E-state index contributed by atoms with van der Waals surface area (Å²) < 4.78 is 23.4. The standard InChI is InChI=1S/C10H12N2O4S3/c11-19(15,16)9-2-6-1-8(17-10(6)18-9)4-12-3-7(14)5-13/h1-3,12-14H,4-5H2,(H2,11,15,16)/b7-3-. The highest BCUT2D eigenvalue weighted by molar-refractivity contribution is 7.91. The molecule has 104 valence electrons. The van der Waals surface area contributed by atoms with Crippen molar-refractivity contribution in [1.29, 1.82) is 0 Å². The van der Waals surface area contributed by atoms with Gasteiger partial charge in [0.15, 0.2) is 0 Å². The van der Waals surface area contributed by atoms with Crippen molar-refractivity contribution in [2.24, 2.45) is 5.14 Å². The maximum atomic E-state index is 11.2. The van der Waals surface area contributed by atoms with Crippen LogP contribution in [0.4, 0.5) is 0 Å². The maximum absolute atomic E-state index is 11.2. The van der Waals surface area contributed by atoms with Crippen molar-refractivity contribution in [3.63, 3.8) is 0 Å². The predicted octanol–water partition coefficient (Wildman–Crippen LogP) is 1.09. The Labute approximate surface area is 117 Å². The number of primary sulfonamides is 1. The van der Waals surface area contributed by atoms with E-state index in [0.717, 1.165) is 25.6 Å². The van der Waals surface area contributed by atoms with Gasteiger partial charge in [-0.2, -0.15) is 0 Å². The molecule has 0 spiro atoms. The summed E-state index contributed by atoms with van der Waals surface area (Å²) in [6, 6.07) is 3.42. The third-order valence-corrected chi connectivity index (χ3v) is 6.04. The Morgan fingerprint density at radius 2 is 2.16 bits per heavy atom. The smallest absolute Gasteiger partial charge is 0.247 e. The zero-order chi connectivity index (χ0) is 14.0. The van der Waals surface area contributed by atoms with Gasteiger partial charge in [-0.15, -0.1) is 22.7 Å². The largest absolute Gasteiger partial charge is 0.508 e. The van der Waals surface area contributed by atoms with E-state index in [9.17, 15) is 8.42 Å². The van der Waals surface area contributed by atoms with Crippen molar-refractivity contribution in [2.45, 2.75) is 10.8 Å². The Morgan fingerprint density at radius 3 is 2.74 bits per heavy atom. The Balaban J connectivity index is 2.13. The normalized spacial score (nSPS) is 13.1. The molecule has 0 amide bonds. The van der Waals surface area contributed by atoms with Crippen LogP contribution in [0.25, 0.3) is 9.40 Å². The van der Waals surface area contributed by atoms with Crippen molar-refractivity contribution < 1.29 is 18.6 Å². The highest BCUT2D eigenvalue weighted by atomic mass is 32.2. The molecule has 0 saturated carbocycles. The van der Waals surface area contributed by atoms with Crippen LogP contribution in [0, 0.1) is 0 Å². The van der Waals surface area contributed by atoms with E-state index in [4.69, 9.17) is 15.4 Å². The SMILES string of the molecule is NS(=O)(=O)c1cc2cc(CN/C=C(\O)CO)sc2s1. The van der Waals surface area contributed by atoms with Crippen LogP contribution >= 0.6 is 22.7 Å². The first-order chi connectivity index (χ1) is 8.90. The van der Waals surface area contributed by atoms with E-state index in [1.165, 1.54) is 17.5 Å². The lowest BCUT2D eigenvalue weighted by molar-refractivity contribution is 0.251. The van der Waals surface area contributed by atoms with Gasteiger partial charge in [0.05, 0.1) is 4.01 Å². The van der Waals surface area contributed by atoms with Gasteiger partial charge in [0.25, 0.3) is 0 Å². The molecule has 0 atom stereocenters. The first-order valence-electron chi connectivity index (χ1n) is 5.17. The second kappa shape index (κ2) is 5.47. The minimum atomic E-state index is -3.64. The maximum Gasteiger partial charge on any atom is 0.247 e. The molecule has 0 radical (unpaired) electrons. The van der Waals surface area contributed by atoms with Gasteiger partial charge in [0.1, 0.15) is 16.6 Å². The summed E-state index contributed by atoms with van der Waals surface area (Å²) in [5.41, 5.74) is 0. The molecule has 2 rings (SSSR count). The number of aliphatic hydroxyl groups is 2. The van der Waals surface area contributed by atoms with Gasteiger partial charge < -0.3 is 15.5 Å².